The Labute approximate surface area is 112 Å². The molecule has 19 heavy (non-hydrogen) atoms. The zero-order chi connectivity index (χ0) is 13.5. The van der Waals surface area contributed by atoms with Crippen molar-refractivity contribution in [2.45, 2.75) is 44.6 Å². The molecule has 0 unspecified atom stereocenters. The highest BCUT2D eigenvalue weighted by molar-refractivity contribution is 5.78. The van der Waals surface area contributed by atoms with Gasteiger partial charge in [-0.2, -0.15) is 0 Å². The van der Waals surface area contributed by atoms with Gasteiger partial charge in [0.25, 0.3) is 0 Å². The number of hydrogen-bond acceptors (Lipinski definition) is 2. The molecule has 0 atom stereocenters. The zero-order valence-corrected chi connectivity index (χ0v) is 11.2. The van der Waals surface area contributed by atoms with Gasteiger partial charge in [-0.1, -0.05) is 13.3 Å². The predicted octanol–water partition coefficient (Wildman–Crippen LogP) is 4.36. The lowest BCUT2D eigenvalue weighted by atomic mass is 9.76. The second kappa shape index (κ2) is 4.64. The van der Waals surface area contributed by atoms with Gasteiger partial charge in [-0.3, -0.25) is 0 Å². The van der Waals surface area contributed by atoms with Crippen LogP contribution in [0.1, 0.15) is 44.8 Å². The average molecular weight is 262 g/mol. The van der Waals surface area contributed by atoms with E-state index in [1.165, 1.54) is 18.6 Å². The summed E-state index contributed by atoms with van der Waals surface area (Å²) in [6.07, 6.45) is 4.68. The Hall–Kier alpha value is -1.35. The lowest BCUT2D eigenvalue weighted by Gasteiger charge is -2.34. The number of hydrogen-bond donors (Lipinski definition) is 1. The van der Waals surface area contributed by atoms with E-state index in [4.69, 9.17) is 4.42 Å². The summed E-state index contributed by atoms with van der Waals surface area (Å²) in [5.41, 5.74) is -0.233. The van der Waals surface area contributed by atoms with Crippen molar-refractivity contribution in [2.75, 3.05) is 0 Å². The Balaban J connectivity index is 1.91. The fourth-order valence-electron chi connectivity index (χ4n) is 3.05. The zero-order valence-electron chi connectivity index (χ0n) is 11.2. The first-order valence-corrected chi connectivity index (χ1v) is 7.03. The van der Waals surface area contributed by atoms with E-state index in [1.807, 2.05) is 0 Å². The molecule has 0 saturated heterocycles. The average Bonchev–Trinajstić information content (AvgIpc) is 2.83. The first-order valence-electron chi connectivity index (χ1n) is 7.03. The Morgan fingerprint density at radius 1 is 1.32 bits per heavy atom. The van der Waals surface area contributed by atoms with Crippen LogP contribution in [0.5, 0.6) is 0 Å². The molecule has 1 aliphatic carbocycles. The highest BCUT2D eigenvalue weighted by Crippen LogP contribution is 2.42. The second-order valence-electron chi connectivity index (χ2n) is 5.68. The first kappa shape index (κ1) is 12.7. The van der Waals surface area contributed by atoms with E-state index in [9.17, 15) is 9.50 Å². The number of benzene rings is 1. The summed E-state index contributed by atoms with van der Waals surface area (Å²) < 4.78 is 18.9. The molecular weight excluding hydrogens is 243 g/mol. The van der Waals surface area contributed by atoms with Crippen LogP contribution < -0.4 is 0 Å². The molecule has 0 amide bonds. The topological polar surface area (TPSA) is 33.4 Å². The van der Waals surface area contributed by atoms with E-state index >= 15 is 0 Å². The Morgan fingerprint density at radius 3 is 2.74 bits per heavy atom. The number of furan rings is 1. The van der Waals surface area contributed by atoms with Crippen molar-refractivity contribution in [3.63, 3.8) is 0 Å². The number of aliphatic hydroxyl groups is 1. The third-order valence-electron chi connectivity index (χ3n) is 4.45. The van der Waals surface area contributed by atoms with Crippen molar-refractivity contribution in [2.24, 2.45) is 5.92 Å². The van der Waals surface area contributed by atoms with Gasteiger partial charge in [0.05, 0.1) is 0 Å². The Bertz CT molecular complexity index is 579. The van der Waals surface area contributed by atoms with Crippen LogP contribution in [0.15, 0.2) is 28.7 Å². The molecule has 1 fully saturated rings. The minimum Gasteiger partial charge on any atom is -0.458 e. The van der Waals surface area contributed by atoms with Crippen LogP contribution in [0.25, 0.3) is 11.0 Å². The highest BCUT2D eigenvalue weighted by Gasteiger charge is 2.37. The molecule has 0 radical (unpaired) electrons. The van der Waals surface area contributed by atoms with Crippen LogP contribution in [-0.4, -0.2) is 5.11 Å². The van der Waals surface area contributed by atoms with Crippen LogP contribution in [0, 0.1) is 11.7 Å². The monoisotopic (exact) mass is 262 g/mol. The molecule has 3 heteroatoms. The van der Waals surface area contributed by atoms with Crippen LogP contribution in [-0.2, 0) is 5.60 Å². The van der Waals surface area contributed by atoms with Crippen LogP contribution in [0.3, 0.4) is 0 Å². The molecule has 1 N–H and O–H groups in total. The van der Waals surface area contributed by atoms with E-state index in [-0.39, 0.29) is 5.82 Å². The molecule has 0 aliphatic heterocycles. The first-order chi connectivity index (χ1) is 9.10. The fourth-order valence-corrected chi connectivity index (χ4v) is 3.05. The number of halogens is 1. The van der Waals surface area contributed by atoms with Crippen molar-refractivity contribution in [1.82, 2.24) is 0 Å². The molecule has 0 bridgehead atoms. The van der Waals surface area contributed by atoms with Gasteiger partial charge in [-0.15, -0.1) is 0 Å². The molecular formula is C16H19FO2. The quantitative estimate of drug-likeness (QED) is 0.872. The van der Waals surface area contributed by atoms with Crippen LogP contribution >= 0.6 is 0 Å². The van der Waals surface area contributed by atoms with E-state index in [0.29, 0.717) is 17.3 Å². The van der Waals surface area contributed by atoms with Crippen molar-refractivity contribution in [3.8, 4) is 0 Å². The van der Waals surface area contributed by atoms with E-state index in [1.54, 1.807) is 12.1 Å². The highest BCUT2D eigenvalue weighted by atomic mass is 19.1. The van der Waals surface area contributed by atoms with Crippen LogP contribution in [0.4, 0.5) is 4.39 Å². The number of rotatable bonds is 2. The molecule has 102 valence electrons. The van der Waals surface area contributed by atoms with Crippen molar-refractivity contribution < 1.29 is 13.9 Å². The maximum absolute atomic E-state index is 13.2. The van der Waals surface area contributed by atoms with Crippen molar-refractivity contribution >= 4 is 11.0 Å². The molecule has 1 aliphatic rings. The maximum Gasteiger partial charge on any atom is 0.136 e. The van der Waals surface area contributed by atoms with Gasteiger partial charge in [0.2, 0.25) is 0 Å². The summed E-state index contributed by atoms with van der Waals surface area (Å²) in [6, 6.07) is 6.23. The summed E-state index contributed by atoms with van der Waals surface area (Å²) in [4.78, 5) is 0. The number of fused-ring (bicyclic) bond motifs is 1. The van der Waals surface area contributed by atoms with Gasteiger partial charge >= 0.3 is 0 Å². The van der Waals surface area contributed by atoms with Gasteiger partial charge < -0.3 is 9.52 Å². The standard InChI is InChI=1S/C16H19FO2/c1-2-11-5-7-16(18,8-6-11)15-10-12-9-13(17)3-4-14(12)19-15/h3-4,9-11,18H,2,5-8H2,1H3. The molecule has 2 nitrogen and oxygen atoms in total. The van der Waals surface area contributed by atoms with Gasteiger partial charge in [0.15, 0.2) is 0 Å². The van der Waals surface area contributed by atoms with Gasteiger partial charge in [0.1, 0.15) is 22.8 Å². The van der Waals surface area contributed by atoms with E-state index < -0.39 is 5.60 Å². The van der Waals surface area contributed by atoms with Gasteiger partial charge in [-0.05, 0) is 55.9 Å². The SMILES string of the molecule is CCC1CCC(O)(c2cc3cc(F)ccc3o2)CC1. The minimum absolute atomic E-state index is 0.276. The molecule has 0 spiro atoms. The lowest BCUT2D eigenvalue weighted by molar-refractivity contribution is -0.0312. The minimum atomic E-state index is -0.874. The molecule has 1 saturated carbocycles. The van der Waals surface area contributed by atoms with Crippen LogP contribution in [0.2, 0.25) is 0 Å². The fraction of sp³-hybridized carbons (Fsp3) is 0.500. The van der Waals surface area contributed by atoms with E-state index in [0.717, 1.165) is 31.1 Å². The largest absolute Gasteiger partial charge is 0.458 e. The Kier molecular flexibility index (Phi) is 3.09. The van der Waals surface area contributed by atoms with Gasteiger partial charge in [-0.25, -0.2) is 4.39 Å². The molecule has 2 aromatic rings. The van der Waals surface area contributed by atoms with Gasteiger partial charge in [0, 0.05) is 5.39 Å². The summed E-state index contributed by atoms with van der Waals surface area (Å²) in [6.45, 7) is 2.19. The maximum atomic E-state index is 13.2. The Morgan fingerprint density at radius 2 is 2.05 bits per heavy atom. The summed E-state index contributed by atoms with van der Waals surface area (Å²) in [5, 5.41) is 11.5. The van der Waals surface area contributed by atoms with E-state index in [2.05, 4.69) is 6.92 Å². The molecule has 1 heterocycles. The molecule has 1 aromatic carbocycles. The third-order valence-corrected chi connectivity index (χ3v) is 4.45. The summed E-state index contributed by atoms with van der Waals surface area (Å²) in [5.74, 6) is 1.02. The van der Waals surface area contributed by atoms with Crippen molar-refractivity contribution in [3.05, 3.63) is 35.8 Å². The molecule has 3 rings (SSSR count). The summed E-state index contributed by atoms with van der Waals surface area (Å²) >= 11 is 0. The molecule has 1 aromatic heterocycles. The summed E-state index contributed by atoms with van der Waals surface area (Å²) in [7, 11) is 0. The van der Waals surface area contributed by atoms with Crippen molar-refractivity contribution in [1.29, 1.82) is 0 Å². The third kappa shape index (κ3) is 2.27. The second-order valence-corrected chi connectivity index (χ2v) is 5.68. The predicted molar refractivity (Wildman–Crippen MR) is 72.3 cm³/mol. The lowest BCUT2D eigenvalue weighted by Crippen LogP contribution is -2.30. The smallest absolute Gasteiger partial charge is 0.136 e. The normalized spacial score (nSPS) is 27.8.